The first kappa shape index (κ1) is 13.4. The van der Waals surface area contributed by atoms with Gasteiger partial charge in [-0.25, -0.2) is 8.78 Å². The number of aromatic hydroxyl groups is 1. The fourth-order valence-electron chi connectivity index (χ4n) is 1.68. The van der Waals surface area contributed by atoms with E-state index in [1.165, 1.54) is 19.2 Å². The van der Waals surface area contributed by atoms with Crippen LogP contribution >= 0.6 is 0 Å². The highest BCUT2D eigenvalue weighted by Crippen LogP contribution is 2.37. The van der Waals surface area contributed by atoms with Gasteiger partial charge in [0.15, 0.2) is 0 Å². The molecule has 1 aromatic heterocycles. The number of alkyl halides is 4. The fraction of sp³-hybridized carbons (Fsp3) is 0.250. The summed E-state index contributed by atoms with van der Waals surface area (Å²) in [4.78, 5) is 0. The van der Waals surface area contributed by atoms with Crippen molar-refractivity contribution in [3.8, 4) is 17.0 Å². The van der Waals surface area contributed by atoms with Crippen molar-refractivity contribution in [2.75, 3.05) is 0 Å². The van der Waals surface area contributed by atoms with Crippen LogP contribution in [0.4, 0.5) is 17.6 Å². The number of phenols is 1. The number of para-hydroxylation sites is 1. The molecule has 7 heteroatoms. The molecule has 0 fully saturated rings. The van der Waals surface area contributed by atoms with Gasteiger partial charge in [0.05, 0.1) is 5.69 Å². The fourth-order valence-corrected chi connectivity index (χ4v) is 1.68. The van der Waals surface area contributed by atoms with Crippen LogP contribution in [0.1, 0.15) is 5.69 Å². The minimum Gasteiger partial charge on any atom is -0.507 e. The Hall–Kier alpha value is -2.05. The van der Waals surface area contributed by atoms with Crippen molar-refractivity contribution in [1.82, 2.24) is 9.78 Å². The van der Waals surface area contributed by atoms with E-state index < -0.39 is 18.0 Å². The molecule has 0 unspecified atom stereocenters. The second-order valence-electron chi connectivity index (χ2n) is 3.98. The number of nitrogens with zero attached hydrogens (tertiary/aromatic N) is 2. The maximum absolute atomic E-state index is 13.2. The minimum atomic E-state index is -4.32. The summed E-state index contributed by atoms with van der Waals surface area (Å²) >= 11 is 0. The third-order valence-corrected chi connectivity index (χ3v) is 2.68. The van der Waals surface area contributed by atoms with E-state index in [1.54, 1.807) is 12.1 Å². The molecule has 1 heterocycles. The predicted molar refractivity (Wildman–Crippen MR) is 60.2 cm³/mol. The quantitative estimate of drug-likeness (QED) is 0.873. The van der Waals surface area contributed by atoms with Crippen molar-refractivity contribution in [2.45, 2.75) is 12.3 Å². The van der Waals surface area contributed by atoms with Gasteiger partial charge >= 0.3 is 12.3 Å². The molecule has 19 heavy (non-hydrogen) atoms. The number of rotatable bonds is 3. The van der Waals surface area contributed by atoms with Crippen LogP contribution in [0.15, 0.2) is 30.3 Å². The van der Waals surface area contributed by atoms with Gasteiger partial charge < -0.3 is 5.11 Å². The summed E-state index contributed by atoms with van der Waals surface area (Å²) in [5, 5.41) is 13.0. The molecule has 2 rings (SSSR count). The standard InChI is InChI=1S/C12H10F4N2O/c1-18-8(7-4-2-3-5-9(7)19)6-10(17-18)12(15,16)11(13)14/h2-6,11,19H,1H3. The van der Waals surface area contributed by atoms with Crippen molar-refractivity contribution in [3.63, 3.8) is 0 Å². The molecule has 0 aliphatic rings. The van der Waals surface area contributed by atoms with Gasteiger partial charge in [0.2, 0.25) is 0 Å². The number of hydrogen-bond acceptors (Lipinski definition) is 2. The first-order valence-electron chi connectivity index (χ1n) is 5.33. The Bertz CT molecular complexity index is 595. The van der Waals surface area contributed by atoms with Gasteiger partial charge in [-0.3, -0.25) is 4.68 Å². The lowest BCUT2D eigenvalue weighted by Gasteiger charge is -2.11. The summed E-state index contributed by atoms with van der Waals surface area (Å²) in [6.07, 6.45) is -3.83. The molecule has 0 aliphatic carbocycles. The Morgan fingerprint density at radius 2 is 1.89 bits per heavy atom. The van der Waals surface area contributed by atoms with E-state index in [-0.39, 0.29) is 17.0 Å². The summed E-state index contributed by atoms with van der Waals surface area (Å²) in [6.45, 7) is 0. The van der Waals surface area contributed by atoms with Crippen LogP contribution in [-0.4, -0.2) is 21.3 Å². The van der Waals surface area contributed by atoms with E-state index in [0.29, 0.717) is 0 Å². The molecule has 0 saturated carbocycles. The average Bonchev–Trinajstić information content (AvgIpc) is 2.72. The van der Waals surface area contributed by atoms with Gasteiger partial charge in [-0.05, 0) is 18.2 Å². The van der Waals surface area contributed by atoms with Crippen LogP contribution in [0.5, 0.6) is 5.75 Å². The van der Waals surface area contributed by atoms with Crippen molar-refractivity contribution in [1.29, 1.82) is 0 Å². The molecule has 0 saturated heterocycles. The Morgan fingerprint density at radius 3 is 2.47 bits per heavy atom. The van der Waals surface area contributed by atoms with Crippen LogP contribution < -0.4 is 0 Å². The van der Waals surface area contributed by atoms with Crippen LogP contribution in [0.25, 0.3) is 11.3 Å². The number of benzene rings is 1. The summed E-state index contributed by atoms with van der Waals surface area (Å²) in [6, 6.07) is 6.85. The van der Waals surface area contributed by atoms with Gasteiger partial charge in [-0.1, -0.05) is 12.1 Å². The zero-order valence-electron chi connectivity index (χ0n) is 9.82. The molecule has 3 nitrogen and oxygen atoms in total. The number of hydrogen-bond donors (Lipinski definition) is 1. The van der Waals surface area contributed by atoms with Gasteiger partial charge in [0.1, 0.15) is 11.4 Å². The van der Waals surface area contributed by atoms with Crippen molar-refractivity contribution in [2.24, 2.45) is 7.05 Å². The average molecular weight is 274 g/mol. The number of aromatic nitrogens is 2. The van der Waals surface area contributed by atoms with E-state index in [2.05, 4.69) is 5.10 Å². The van der Waals surface area contributed by atoms with Gasteiger partial charge in [-0.15, -0.1) is 0 Å². The smallest absolute Gasteiger partial charge is 0.350 e. The monoisotopic (exact) mass is 274 g/mol. The zero-order valence-corrected chi connectivity index (χ0v) is 9.82. The van der Waals surface area contributed by atoms with E-state index in [9.17, 15) is 22.7 Å². The van der Waals surface area contributed by atoms with Crippen LogP contribution in [0, 0.1) is 0 Å². The second-order valence-corrected chi connectivity index (χ2v) is 3.98. The van der Waals surface area contributed by atoms with Crippen LogP contribution in [0.3, 0.4) is 0 Å². The Morgan fingerprint density at radius 1 is 1.26 bits per heavy atom. The Balaban J connectivity index is 2.52. The number of aryl methyl sites for hydroxylation is 1. The first-order valence-corrected chi connectivity index (χ1v) is 5.33. The molecule has 2 aromatic rings. The van der Waals surface area contributed by atoms with Crippen molar-refractivity contribution in [3.05, 3.63) is 36.0 Å². The van der Waals surface area contributed by atoms with Gasteiger partial charge in [-0.2, -0.15) is 13.9 Å². The molecule has 1 aromatic carbocycles. The van der Waals surface area contributed by atoms with E-state index >= 15 is 0 Å². The lowest BCUT2D eigenvalue weighted by Crippen LogP contribution is -2.24. The normalized spacial score (nSPS) is 12.1. The highest BCUT2D eigenvalue weighted by atomic mass is 19.3. The number of phenolic OH excluding ortho intramolecular Hbond substituents is 1. The SMILES string of the molecule is Cn1nc(C(F)(F)C(F)F)cc1-c1ccccc1O. The van der Waals surface area contributed by atoms with Crippen molar-refractivity contribution >= 4 is 0 Å². The van der Waals surface area contributed by atoms with E-state index in [1.807, 2.05) is 0 Å². The predicted octanol–water partition coefficient (Wildman–Crippen LogP) is 3.15. The summed E-state index contributed by atoms with van der Waals surface area (Å²) in [5.74, 6) is -4.46. The number of halogens is 4. The molecular formula is C12H10F4N2O. The molecule has 0 atom stereocenters. The summed E-state index contributed by atoms with van der Waals surface area (Å²) in [5.41, 5.74) is -0.648. The van der Waals surface area contributed by atoms with Gasteiger partial charge in [0, 0.05) is 12.6 Å². The molecule has 0 bridgehead atoms. The lowest BCUT2D eigenvalue weighted by atomic mass is 10.1. The van der Waals surface area contributed by atoms with E-state index in [4.69, 9.17) is 0 Å². The Labute approximate surface area is 106 Å². The highest BCUT2D eigenvalue weighted by Gasteiger charge is 2.45. The largest absolute Gasteiger partial charge is 0.507 e. The maximum atomic E-state index is 13.2. The van der Waals surface area contributed by atoms with Gasteiger partial charge in [0.25, 0.3) is 0 Å². The topological polar surface area (TPSA) is 38.0 Å². The second kappa shape index (κ2) is 4.56. The summed E-state index contributed by atoms with van der Waals surface area (Å²) < 4.78 is 52.0. The molecule has 1 N–H and O–H groups in total. The molecule has 102 valence electrons. The molecule has 0 amide bonds. The lowest BCUT2D eigenvalue weighted by molar-refractivity contribution is -0.138. The first-order chi connectivity index (χ1) is 8.84. The van der Waals surface area contributed by atoms with Crippen LogP contribution in [-0.2, 0) is 13.0 Å². The Kier molecular flexibility index (Phi) is 3.21. The molecule has 0 spiro atoms. The summed E-state index contributed by atoms with van der Waals surface area (Å²) in [7, 11) is 1.34. The highest BCUT2D eigenvalue weighted by molar-refractivity contribution is 5.67. The molecule has 0 radical (unpaired) electrons. The molecular weight excluding hydrogens is 264 g/mol. The van der Waals surface area contributed by atoms with Crippen molar-refractivity contribution < 1.29 is 22.7 Å². The van der Waals surface area contributed by atoms with E-state index in [0.717, 1.165) is 10.7 Å². The zero-order chi connectivity index (χ0) is 14.2. The third kappa shape index (κ3) is 2.27. The minimum absolute atomic E-state index is 0.133. The van der Waals surface area contributed by atoms with Crippen LogP contribution in [0.2, 0.25) is 0 Å². The maximum Gasteiger partial charge on any atom is 0.350 e. The third-order valence-electron chi connectivity index (χ3n) is 2.68. The molecule has 0 aliphatic heterocycles.